The van der Waals surface area contributed by atoms with Gasteiger partial charge in [0, 0.05) is 5.39 Å². The van der Waals surface area contributed by atoms with Crippen molar-refractivity contribution in [2.75, 3.05) is 0 Å². The summed E-state index contributed by atoms with van der Waals surface area (Å²) in [5, 5.41) is 9.93. The summed E-state index contributed by atoms with van der Waals surface area (Å²) < 4.78 is 0. The molecule has 2 rings (SSSR count). The summed E-state index contributed by atoms with van der Waals surface area (Å²) in [6.45, 7) is 1.77. The SMILES string of the molecule is Cc1ncc2[nH]c(C(=O)O)cc2c1Cl. The van der Waals surface area contributed by atoms with E-state index in [9.17, 15) is 4.79 Å². The number of hydrogen-bond donors (Lipinski definition) is 2. The van der Waals surface area contributed by atoms with E-state index in [2.05, 4.69) is 9.97 Å². The molecule has 0 saturated carbocycles. The van der Waals surface area contributed by atoms with Gasteiger partial charge in [-0.3, -0.25) is 4.98 Å². The lowest BCUT2D eigenvalue weighted by atomic mass is 10.2. The molecule has 2 N–H and O–H groups in total. The molecule has 2 heterocycles. The summed E-state index contributed by atoms with van der Waals surface area (Å²) in [5.74, 6) is -1.00. The summed E-state index contributed by atoms with van der Waals surface area (Å²) in [4.78, 5) is 17.4. The Morgan fingerprint density at radius 1 is 1.64 bits per heavy atom. The second-order valence-electron chi connectivity index (χ2n) is 2.97. The van der Waals surface area contributed by atoms with E-state index in [0.717, 1.165) is 0 Å². The second-order valence-corrected chi connectivity index (χ2v) is 3.35. The predicted molar refractivity (Wildman–Crippen MR) is 52.8 cm³/mol. The molecule has 72 valence electrons. The molecular weight excluding hydrogens is 204 g/mol. The number of nitrogens with zero attached hydrogens (tertiary/aromatic N) is 1. The van der Waals surface area contributed by atoms with E-state index in [-0.39, 0.29) is 5.69 Å². The van der Waals surface area contributed by atoms with Crippen molar-refractivity contribution in [1.29, 1.82) is 0 Å². The monoisotopic (exact) mass is 210 g/mol. The number of pyridine rings is 1. The third kappa shape index (κ3) is 1.24. The van der Waals surface area contributed by atoms with Crippen LogP contribution in [0, 0.1) is 6.92 Å². The van der Waals surface area contributed by atoms with Gasteiger partial charge in [0.2, 0.25) is 0 Å². The molecule has 14 heavy (non-hydrogen) atoms. The Labute approximate surface area is 84.5 Å². The zero-order valence-corrected chi connectivity index (χ0v) is 8.09. The standard InChI is InChI=1S/C9H7ClN2O2/c1-4-8(10)5-2-6(9(13)14)12-7(5)3-11-4/h2-3,12H,1H3,(H,13,14). The number of carboxylic acid groups (broad SMARTS) is 1. The highest BCUT2D eigenvalue weighted by Gasteiger charge is 2.11. The molecule has 0 aromatic carbocycles. The minimum atomic E-state index is -1.00. The number of aromatic carboxylic acids is 1. The van der Waals surface area contributed by atoms with Crippen molar-refractivity contribution in [1.82, 2.24) is 9.97 Å². The number of hydrogen-bond acceptors (Lipinski definition) is 2. The molecule has 0 aliphatic rings. The lowest BCUT2D eigenvalue weighted by Crippen LogP contribution is -1.94. The number of carbonyl (C=O) groups is 1. The Morgan fingerprint density at radius 2 is 2.36 bits per heavy atom. The zero-order valence-electron chi connectivity index (χ0n) is 7.34. The van der Waals surface area contributed by atoms with Crippen LogP contribution in [0.4, 0.5) is 0 Å². The molecule has 0 atom stereocenters. The van der Waals surface area contributed by atoms with E-state index in [0.29, 0.717) is 21.6 Å². The molecule has 0 saturated heterocycles. The maximum Gasteiger partial charge on any atom is 0.352 e. The zero-order chi connectivity index (χ0) is 10.3. The van der Waals surface area contributed by atoms with Gasteiger partial charge in [0.25, 0.3) is 0 Å². The first-order valence-corrected chi connectivity index (χ1v) is 4.34. The predicted octanol–water partition coefficient (Wildman–Crippen LogP) is 2.22. The van der Waals surface area contributed by atoms with Crippen molar-refractivity contribution < 1.29 is 9.90 Å². The third-order valence-corrected chi connectivity index (χ3v) is 2.50. The highest BCUT2D eigenvalue weighted by Crippen LogP contribution is 2.25. The Morgan fingerprint density at radius 3 is 3.00 bits per heavy atom. The van der Waals surface area contributed by atoms with Gasteiger partial charge in [-0.15, -0.1) is 0 Å². The molecule has 0 amide bonds. The van der Waals surface area contributed by atoms with Gasteiger partial charge in [-0.1, -0.05) is 11.6 Å². The summed E-state index contributed by atoms with van der Waals surface area (Å²) in [5.41, 5.74) is 1.45. The van der Waals surface area contributed by atoms with Gasteiger partial charge < -0.3 is 10.1 Å². The summed E-state index contributed by atoms with van der Waals surface area (Å²) in [6.07, 6.45) is 1.57. The fourth-order valence-electron chi connectivity index (χ4n) is 1.28. The van der Waals surface area contributed by atoms with E-state index in [1.807, 2.05) is 0 Å². The highest BCUT2D eigenvalue weighted by atomic mass is 35.5. The van der Waals surface area contributed by atoms with Gasteiger partial charge in [0.05, 0.1) is 22.4 Å². The number of aromatic amines is 1. The van der Waals surface area contributed by atoms with Crippen molar-refractivity contribution in [3.8, 4) is 0 Å². The Hall–Kier alpha value is -1.55. The third-order valence-electron chi connectivity index (χ3n) is 2.02. The van der Waals surface area contributed by atoms with Crippen molar-refractivity contribution in [3.63, 3.8) is 0 Å². The van der Waals surface area contributed by atoms with Gasteiger partial charge >= 0.3 is 5.97 Å². The van der Waals surface area contributed by atoms with Gasteiger partial charge in [0.1, 0.15) is 5.69 Å². The minimum absolute atomic E-state index is 0.120. The normalized spacial score (nSPS) is 10.7. The molecule has 0 radical (unpaired) electrons. The molecule has 0 aliphatic carbocycles. The number of aromatic nitrogens is 2. The molecule has 5 heteroatoms. The minimum Gasteiger partial charge on any atom is -0.477 e. The van der Waals surface area contributed by atoms with Crippen LogP contribution in [0.2, 0.25) is 5.02 Å². The lowest BCUT2D eigenvalue weighted by molar-refractivity contribution is 0.0691. The van der Waals surface area contributed by atoms with Crippen LogP contribution in [0.1, 0.15) is 16.2 Å². The number of fused-ring (bicyclic) bond motifs is 1. The van der Waals surface area contributed by atoms with Crippen molar-refractivity contribution in [3.05, 3.63) is 28.7 Å². The van der Waals surface area contributed by atoms with Crippen molar-refractivity contribution in [2.24, 2.45) is 0 Å². The molecule has 2 aromatic heterocycles. The molecule has 0 bridgehead atoms. The van der Waals surface area contributed by atoms with E-state index < -0.39 is 5.97 Å². The first kappa shape index (κ1) is 9.02. The molecule has 0 aliphatic heterocycles. The smallest absolute Gasteiger partial charge is 0.352 e. The Balaban J connectivity index is 2.77. The van der Waals surface area contributed by atoms with Crippen LogP contribution in [0.5, 0.6) is 0 Å². The first-order chi connectivity index (χ1) is 6.59. The van der Waals surface area contributed by atoms with Crippen LogP contribution < -0.4 is 0 Å². The van der Waals surface area contributed by atoms with Crippen LogP contribution in [0.25, 0.3) is 10.9 Å². The molecular formula is C9H7ClN2O2. The first-order valence-electron chi connectivity index (χ1n) is 3.96. The highest BCUT2D eigenvalue weighted by molar-refractivity contribution is 6.36. The number of carboxylic acids is 1. The van der Waals surface area contributed by atoms with Gasteiger partial charge in [0.15, 0.2) is 0 Å². The van der Waals surface area contributed by atoms with Crippen LogP contribution >= 0.6 is 11.6 Å². The Kier molecular flexibility index (Phi) is 1.93. The quantitative estimate of drug-likeness (QED) is 0.759. The molecule has 4 nitrogen and oxygen atoms in total. The van der Waals surface area contributed by atoms with Crippen molar-refractivity contribution >= 4 is 28.5 Å². The molecule has 0 fully saturated rings. The maximum atomic E-state index is 10.7. The van der Waals surface area contributed by atoms with Gasteiger partial charge in [-0.05, 0) is 13.0 Å². The van der Waals surface area contributed by atoms with Crippen molar-refractivity contribution in [2.45, 2.75) is 6.92 Å². The largest absolute Gasteiger partial charge is 0.477 e. The fourth-order valence-corrected chi connectivity index (χ4v) is 1.49. The number of rotatable bonds is 1. The topological polar surface area (TPSA) is 66.0 Å². The maximum absolute atomic E-state index is 10.7. The Bertz CT molecular complexity index is 519. The van der Waals surface area contributed by atoms with Crippen LogP contribution in [-0.4, -0.2) is 21.0 Å². The van der Waals surface area contributed by atoms with Gasteiger partial charge in [-0.25, -0.2) is 4.79 Å². The molecule has 0 unspecified atom stereocenters. The molecule has 0 spiro atoms. The lowest BCUT2D eigenvalue weighted by Gasteiger charge is -1.96. The van der Waals surface area contributed by atoms with E-state index >= 15 is 0 Å². The van der Waals surface area contributed by atoms with E-state index in [4.69, 9.17) is 16.7 Å². The fraction of sp³-hybridized carbons (Fsp3) is 0.111. The number of H-pyrrole nitrogens is 1. The average Bonchev–Trinajstić information content (AvgIpc) is 2.56. The summed E-state index contributed by atoms with van der Waals surface area (Å²) in [6, 6.07) is 1.51. The molecule has 2 aromatic rings. The van der Waals surface area contributed by atoms with Crippen LogP contribution in [0.3, 0.4) is 0 Å². The van der Waals surface area contributed by atoms with E-state index in [1.54, 1.807) is 13.1 Å². The van der Waals surface area contributed by atoms with Gasteiger partial charge in [-0.2, -0.15) is 0 Å². The number of nitrogens with one attached hydrogen (secondary N) is 1. The van der Waals surface area contributed by atoms with Crippen LogP contribution in [0.15, 0.2) is 12.3 Å². The summed E-state index contributed by atoms with van der Waals surface area (Å²) in [7, 11) is 0. The second kappa shape index (κ2) is 2.99. The average molecular weight is 211 g/mol. The number of aryl methyl sites for hydroxylation is 1. The summed E-state index contributed by atoms with van der Waals surface area (Å²) >= 11 is 5.97. The number of halogens is 1. The van der Waals surface area contributed by atoms with Crippen LogP contribution in [-0.2, 0) is 0 Å². The van der Waals surface area contributed by atoms with E-state index in [1.165, 1.54) is 6.07 Å².